The van der Waals surface area contributed by atoms with Crippen LogP contribution in [0, 0.1) is 0 Å². The molecule has 1 atom stereocenters. The summed E-state index contributed by atoms with van der Waals surface area (Å²) in [4.78, 5) is 46.2. The molecule has 1 N–H and O–H groups in total. The van der Waals surface area contributed by atoms with Gasteiger partial charge in [0.1, 0.15) is 11.3 Å². The first-order valence-corrected chi connectivity index (χ1v) is 12.9. The van der Waals surface area contributed by atoms with E-state index < -0.39 is 5.54 Å². The quantitative estimate of drug-likeness (QED) is 0.567. The van der Waals surface area contributed by atoms with E-state index in [1.54, 1.807) is 7.11 Å². The molecule has 0 radical (unpaired) electrons. The Bertz CT molecular complexity index is 892. The highest BCUT2D eigenvalue weighted by molar-refractivity contribution is 6.06. The molecule has 0 bridgehead atoms. The third kappa shape index (κ3) is 6.32. The summed E-state index contributed by atoms with van der Waals surface area (Å²) in [6, 6.07) is 7.45. The maximum atomic E-state index is 13.2. The summed E-state index contributed by atoms with van der Waals surface area (Å²) in [7, 11) is 1.63. The maximum absolute atomic E-state index is 13.2. The van der Waals surface area contributed by atoms with Crippen LogP contribution in [-0.4, -0.2) is 103 Å². The van der Waals surface area contributed by atoms with E-state index in [4.69, 9.17) is 4.74 Å². The van der Waals surface area contributed by atoms with E-state index in [0.717, 1.165) is 63.4 Å². The van der Waals surface area contributed by atoms with Gasteiger partial charge < -0.3 is 15.0 Å². The third-order valence-corrected chi connectivity index (χ3v) is 7.54. The first-order valence-electron chi connectivity index (χ1n) is 12.9. The summed E-state index contributed by atoms with van der Waals surface area (Å²) >= 11 is 0. The van der Waals surface area contributed by atoms with Gasteiger partial charge in [-0.15, -0.1) is 0 Å². The molecule has 4 rings (SSSR count). The van der Waals surface area contributed by atoms with Gasteiger partial charge >= 0.3 is 6.03 Å². The second-order valence-corrected chi connectivity index (χ2v) is 10.2. The van der Waals surface area contributed by atoms with Crippen LogP contribution in [0.4, 0.5) is 4.79 Å². The number of piperazine rings is 1. The number of amides is 4. The Hall–Kier alpha value is -2.65. The molecule has 0 spiro atoms. The Kier molecular flexibility index (Phi) is 8.28. The van der Waals surface area contributed by atoms with Crippen LogP contribution >= 0.6 is 0 Å². The predicted octanol–water partition coefficient (Wildman–Crippen LogP) is 1.92. The lowest BCUT2D eigenvalue weighted by atomic mass is 9.93. The highest BCUT2D eigenvalue weighted by atomic mass is 16.5. The number of imide groups is 1. The zero-order valence-corrected chi connectivity index (χ0v) is 21.1. The van der Waals surface area contributed by atoms with E-state index in [1.807, 2.05) is 36.1 Å². The Balaban J connectivity index is 1.23. The zero-order valence-electron chi connectivity index (χ0n) is 21.1. The molecule has 0 aromatic heterocycles. The minimum absolute atomic E-state index is 0.171. The second kappa shape index (κ2) is 11.4. The second-order valence-electron chi connectivity index (χ2n) is 10.2. The molecule has 3 fully saturated rings. The smallest absolute Gasteiger partial charge is 0.326 e. The average Bonchev–Trinajstić information content (AvgIpc) is 3.06. The lowest BCUT2D eigenvalue weighted by molar-refractivity contribution is -0.133. The fourth-order valence-electron chi connectivity index (χ4n) is 5.13. The minimum Gasteiger partial charge on any atom is -0.497 e. The predicted molar refractivity (Wildman–Crippen MR) is 133 cm³/mol. The Morgan fingerprint density at radius 2 is 1.57 bits per heavy atom. The van der Waals surface area contributed by atoms with Crippen LogP contribution in [0.25, 0.3) is 0 Å². The average molecular weight is 486 g/mol. The largest absolute Gasteiger partial charge is 0.497 e. The molecule has 9 nitrogen and oxygen atoms in total. The molecule has 3 saturated heterocycles. The Morgan fingerprint density at radius 3 is 2.20 bits per heavy atom. The highest BCUT2D eigenvalue weighted by Crippen LogP contribution is 2.24. The first-order chi connectivity index (χ1) is 16.9. The van der Waals surface area contributed by atoms with Crippen molar-refractivity contribution in [2.75, 3.05) is 59.6 Å². The molecule has 0 unspecified atom stereocenters. The number of aryl methyl sites for hydroxylation is 1. The number of hydrogen-bond donors (Lipinski definition) is 1. The standard InChI is InChI=1S/C26H39N5O4/c1-26(12-11-21-7-9-22(35-2)10-8-21)24(33)31(25(34)27-26)20-29-17-15-28(16-18-29)19-23(32)30-13-5-3-4-6-14-30/h7-10H,3-6,11-20H2,1-2H3,(H,27,34)/t26-/m0/s1. The molecule has 0 saturated carbocycles. The summed E-state index contributed by atoms with van der Waals surface area (Å²) in [6.45, 7) is 7.29. The number of likely N-dealkylation sites (tertiary alicyclic amines) is 1. The van der Waals surface area contributed by atoms with Gasteiger partial charge in [-0.3, -0.25) is 19.4 Å². The normalized spacial score (nSPS) is 24.4. The first kappa shape index (κ1) is 25.4. The van der Waals surface area contributed by atoms with Crippen molar-refractivity contribution in [3.63, 3.8) is 0 Å². The number of urea groups is 1. The monoisotopic (exact) mass is 485 g/mol. The van der Waals surface area contributed by atoms with E-state index in [-0.39, 0.29) is 24.5 Å². The number of rotatable bonds is 8. The number of carbonyl (C=O) groups excluding carboxylic acids is 3. The molecule has 3 aliphatic rings. The van der Waals surface area contributed by atoms with Gasteiger partial charge in [-0.25, -0.2) is 9.69 Å². The fourth-order valence-corrected chi connectivity index (χ4v) is 5.13. The highest BCUT2D eigenvalue weighted by Gasteiger charge is 2.47. The Morgan fingerprint density at radius 1 is 0.943 bits per heavy atom. The van der Waals surface area contributed by atoms with Crippen molar-refractivity contribution in [3.8, 4) is 5.75 Å². The van der Waals surface area contributed by atoms with E-state index in [9.17, 15) is 14.4 Å². The van der Waals surface area contributed by atoms with Crippen molar-refractivity contribution in [3.05, 3.63) is 29.8 Å². The van der Waals surface area contributed by atoms with E-state index in [1.165, 1.54) is 17.7 Å². The van der Waals surface area contributed by atoms with Crippen LogP contribution in [0.3, 0.4) is 0 Å². The van der Waals surface area contributed by atoms with E-state index in [0.29, 0.717) is 19.4 Å². The lowest BCUT2D eigenvalue weighted by Crippen LogP contribution is -2.53. The third-order valence-electron chi connectivity index (χ3n) is 7.54. The van der Waals surface area contributed by atoms with Gasteiger partial charge in [0.2, 0.25) is 5.91 Å². The summed E-state index contributed by atoms with van der Waals surface area (Å²) in [5, 5.41) is 2.91. The lowest BCUT2D eigenvalue weighted by Gasteiger charge is -2.36. The van der Waals surface area contributed by atoms with Crippen LogP contribution in [0.5, 0.6) is 5.75 Å². The van der Waals surface area contributed by atoms with Gasteiger partial charge in [0, 0.05) is 39.3 Å². The molecule has 0 aliphatic carbocycles. The fraction of sp³-hybridized carbons (Fsp3) is 0.654. The minimum atomic E-state index is -0.904. The van der Waals surface area contributed by atoms with E-state index in [2.05, 4.69) is 15.1 Å². The van der Waals surface area contributed by atoms with E-state index >= 15 is 0 Å². The number of nitrogens with one attached hydrogen (secondary N) is 1. The van der Waals surface area contributed by atoms with Crippen LogP contribution < -0.4 is 10.1 Å². The van der Waals surface area contributed by atoms with Crippen molar-refractivity contribution in [2.45, 2.75) is 51.0 Å². The van der Waals surface area contributed by atoms with Crippen molar-refractivity contribution in [1.82, 2.24) is 24.9 Å². The number of hydrogen-bond acceptors (Lipinski definition) is 6. The molecule has 1 aromatic carbocycles. The van der Waals surface area contributed by atoms with Crippen molar-refractivity contribution >= 4 is 17.8 Å². The van der Waals surface area contributed by atoms with Crippen LogP contribution in [-0.2, 0) is 16.0 Å². The van der Waals surface area contributed by atoms with Gasteiger partial charge in [-0.05, 0) is 50.3 Å². The number of methoxy groups -OCH3 is 1. The molecule has 1 aromatic rings. The van der Waals surface area contributed by atoms with Crippen molar-refractivity contribution in [2.24, 2.45) is 0 Å². The summed E-state index contributed by atoms with van der Waals surface area (Å²) < 4.78 is 5.20. The molecule has 192 valence electrons. The summed E-state index contributed by atoms with van der Waals surface area (Å²) in [5.74, 6) is 0.847. The van der Waals surface area contributed by atoms with Gasteiger partial charge in [0.25, 0.3) is 5.91 Å². The maximum Gasteiger partial charge on any atom is 0.326 e. The SMILES string of the molecule is COc1ccc(CC[C@]2(C)NC(=O)N(CN3CCN(CC(=O)N4CCCCCC4)CC3)C2=O)cc1. The molecule has 35 heavy (non-hydrogen) atoms. The molecular formula is C26H39N5O4. The number of nitrogens with zero attached hydrogens (tertiary/aromatic N) is 4. The van der Waals surface area contributed by atoms with Crippen LogP contribution in [0.1, 0.15) is 44.6 Å². The molecule has 3 aliphatic heterocycles. The molecule has 3 heterocycles. The zero-order chi connectivity index (χ0) is 24.8. The summed E-state index contributed by atoms with van der Waals surface area (Å²) in [5.41, 5.74) is 0.191. The topological polar surface area (TPSA) is 85.4 Å². The summed E-state index contributed by atoms with van der Waals surface area (Å²) in [6.07, 6.45) is 5.85. The number of ether oxygens (including phenoxy) is 1. The van der Waals surface area contributed by atoms with Crippen LogP contribution in [0.2, 0.25) is 0 Å². The van der Waals surface area contributed by atoms with Crippen molar-refractivity contribution < 1.29 is 19.1 Å². The number of benzene rings is 1. The Labute approximate surface area is 208 Å². The molecule has 4 amide bonds. The number of carbonyl (C=O) groups is 3. The van der Waals surface area contributed by atoms with Gasteiger partial charge in [-0.1, -0.05) is 25.0 Å². The van der Waals surface area contributed by atoms with Gasteiger partial charge in [0.05, 0.1) is 20.3 Å². The van der Waals surface area contributed by atoms with Gasteiger partial charge in [0.15, 0.2) is 0 Å². The van der Waals surface area contributed by atoms with Crippen LogP contribution in [0.15, 0.2) is 24.3 Å². The molecule has 9 heteroatoms. The molecular weight excluding hydrogens is 446 g/mol. The van der Waals surface area contributed by atoms with Crippen molar-refractivity contribution in [1.29, 1.82) is 0 Å². The van der Waals surface area contributed by atoms with Gasteiger partial charge in [-0.2, -0.15) is 0 Å².